The topological polar surface area (TPSA) is 23.5 Å². The molecule has 1 unspecified atom stereocenters. The summed E-state index contributed by atoms with van der Waals surface area (Å²) in [6, 6.07) is 8.68. The lowest BCUT2D eigenvalue weighted by Crippen LogP contribution is -2.30. The van der Waals surface area contributed by atoms with Crippen molar-refractivity contribution in [1.29, 1.82) is 0 Å². The summed E-state index contributed by atoms with van der Waals surface area (Å²) >= 11 is 0. The fourth-order valence-corrected chi connectivity index (χ4v) is 2.39. The molecule has 1 atom stereocenters. The number of fused-ring (bicyclic) bond motifs is 1. The standard InChI is InChI=1S/C14H21NO/c1-12(11-16)10-15-9-5-4-7-13-6-2-3-8-14(13)15/h2-3,6,8,12,16H,4-5,7,9-11H2,1H3. The van der Waals surface area contributed by atoms with Gasteiger partial charge < -0.3 is 10.0 Å². The number of rotatable bonds is 3. The maximum atomic E-state index is 9.16. The Kier molecular flexibility index (Phi) is 3.83. The first-order valence-corrected chi connectivity index (χ1v) is 6.25. The molecule has 1 aromatic carbocycles. The van der Waals surface area contributed by atoms with Gasteiger partial charge >= 0.3 is 0 Å². The maximum absolute atomic E-state index is 9.16. The molecule has 0 spiro atoms. The van der Waals surface area contributed by atoms with E-state index in [4.69, 9.17) is 5.11 Å². The van der Waals surface area contributed by atoms with Crippen LogP contribution in [0.2, 0.25) is 0 Å². The van der Waals surface area contributed by atoms with Crippen LogP contribution in [0.3, 0.4) is 0 Å². The highest BCUT2D eigenvalue weighted by atomic mass is 16.3. The number of hydrogen-bond acceptors (Lipinski definition) is 2. The van der Waals surface area contributed by atoms with Crippen molar-refractivity contribution in [3.63, 3.8) is 0 Å². The number of hydrogen-bond donors (Lipinski definition) is 1. The van der Waals surface area contributed by atoms with E-state index in [0.717, 1.165) is 13.1 Å². The van der Waals surface area contributed by atoms with Crippen LogP contribution in [0.5, 0.6) is 0 Å². The zero-order valence-electron chi connectivity index (χ0n) is 10.0. The van der Waals surface area contributed by atoms with E-state index in [1.165, 1.54) is 30.5 Å². The third kappa shape index (κ3) is 2.56. The minimum atomic E-state index is 0.276. The van der Waals surface area contributed by atoms with Crippen molar-refractivity contribution in [2.45, 2.75) is 26.2 Å². The van der Waals surface area contributed by atoms with Crippen LogP contribution in [0.1, 0.15) is 25.3 Å². The highest BCUT2D eigenvalue weighted by molar-refractivity contribution is 5.54. The van der Waals surface area contributed by atoms with Crippen LogP contribution in [-0.2, 0) is 6.42 Å². The van der Waals surface area contributed by atoms with E-state index in [9.17, 15) is 0 Å². The Morgan fingerprint density at radius 3 is 2.94 bits per heavy atom. The van der Waals surface area contributed by atoms with Crippen molar-refractivity contribution >= 4 is 5.69 Å². The van der Waals surface area contributed by atoms with Crippen molar-refractivity contribution in [1.82, 2.24) is 0 Å². The van der Waals surface area contributed by atoms with Gasteiger partial charge in [0, 0.05) is 25.4 Å². The number of benzene rings is 1. The fraction of sp³-hybridized carbons (Fsp3) is 0.571. The number of aryl methyl sites for hydroxylation is 1. The zero-order chi connectivity index (χ0) is 11.4. The molecule has 1 aromatic rings. The van der Waals surface area contributed by atoms with E-state index in [0.29, 0.717) is 5.92 Å². The molecule has 2 nitrogen and oxygen atoms in total. The van der Waals surface area contributed by atoms with E-state index >= 15 is 0 Å². The van der Waals surface area contributed by atoms with Gasteiger partial charge in [0.1, 0.15) is 0 Å². The lowest BCUT2D eigenvalue weighted by Gasteiger charge is -2.27. The molecular weight excluding hydrogens is 198 g/mol. The van der Waals surface area contributed by atoms with Crippen LogP contribution in [0.15, 0.2) is 24.3 Å². The van der Waals surface area contributed by atoms with E-state index < -0.39 is 0 Å². The minimum Gasteiger partial charge on any atom is -0.396 e. The quantitative estimate of drug-likeness (QED) is 0.844. The summed E-state index contributed by atoms with van der Waals surface area (Å²) in [6.45, 7) is 4.47. The number of anilines is 1. The molecule has 2 rings (SSSR count). The maximum Gasteiger partial charge on any atom is 0.0473 e. The molecule has 0 bridgehead atoms. The zero-order valence-corrected chi connectivity index (χ0v) is 10.0. The van der Waals surface area contributed by atoms with Gasteiger partial charge in [-0.25, -0.2) is 0 Å². The number of nitrogens with zero attached hydrogens (tertiary/aromatic N) is 1. The molecule has 0 aliphatic carbocycles. The molecule has 0 fully saturated rings. The summed E-state index contributed by atoms with van der Waals surface area (Å²) in [4.78, 5) is 2.43. The molecule has 0 amide bonds. The Morgan fingerprint density at radius 2 is 2.12 bits per heavy atom. The molecule has 1 N–H and O–H groups in total. The second kappa shape index (κ2) is 5.35. The SMILES string of the molecule is CC(CO)CN1CCCCc2ccccc21. The van der Waals surface area contributed by atoms with Crippen molar-refractivity contribution in [2.75, 3.05) is 24.6 Å². The average molecular weight is 219 g/mol. The van der Waals surface area contributed by atoms with E-state index in [2.05, 4.69) is 36.1 Å². The molecular formula is C14H21NO. The summed E-state index contributed by atoms with van der Waals surface area (Å²) in [5.41, 5.74) is 2.84. The minimum absolute atomic E-state index is 0.276. The predicted octanol–water partition coefficient (Wildman–Crippen LogP) is 2.46. The normalized spacial score (nSPS) is 17.8. The van der Waals surface area contributed by atoms with Gasteiger partial charge in [-0.05, 0) is 36.8 Å². The van der Waals surface area contributed by atoms with Crippen LogP contribution in [0, 0.1) is 5.92 Å². The van der Waals surface area contributed by atoms with Crippen LogP contribution < -0.4 is 4.90 Å². The van der Waals surface area contributed by atoms with Crippen LogP contribution in [0.25, 0.3) is 0 Å². The number of aliphatic hydroxyl groups excluding tert-OH is 1. The fourth-order valence-electron chi connectivity index (χ4n) is 2.39. The predicted molar refractivity (Wildman–Crippen MR) is 67.8 cm³/mol. The first-order valence-electron chi connectivity index (χ1n) is 6.25. The van der Waals surface area contributed by atoms with Gasteiger partial charge in [0.15, 0.2) is 0 Å². The Bertz CT molecular complexity index is 337. The highest BCUT2D eigenvalue weighted by Gasteiger charge is 2.16. The van der Waals surface area contributed by atoms with Crippen LogP contribution in [0.4, 0.5) is 5.69 Å². The highest BCUT2D eigenvalue weighted by Crippen LogP contribution is 2.26. The van der Waals surface area contributed by atoms with Gasteiger partial charge in [-0.15, -0.1) is 0 Å². The molecule has 2 heteroatoms. The van der Waals surface area contributed by atoms with Gasteiger partial charge in [-0.3, -0.25) is 0 Å². The van der Waals surface area contributed by atoms with E-state index in [-0.39, 0.29) is 6.61 Å². The molecule has 1 aliphatic heterocycles. The molecule has 0 aromatic heterocycles. The molecule has 0 saturated carbocycles. The van der Waals surface area contributed by atoms with Crippen LogP contribution in [-0.4, -0.2) is 24.8 Å². The van der Waals surface area contributed by atoms with E-state index in [1.807, 2.05) is 0 Å². The first-order chi connectivity index (χ1) is 7.81. The van der Waals surface area contributed by atoms with Crippen molar-refractivity contribution in [2.24, 2.45) is 5.92 Å². The van der Waals surface area contributed by atoms with Gasteiger partial charge in [0.05, 0.1) is 0 Å². The lowest BCUT2D eigenvalue weighted by molar-refractivity contribution is 0.239. The molecule has 0 saturated heterocycles. The van der Waals surface area contributed by atoms with Crippen molar-refractivity contribution in [3.8, 4) is 0 Å². The Balaban J connectivity index is 2.19. The van der Waals surface area contributed by atoms with Crippen LogP contribution >= 0.6 is 0 Å². The Morgan fingerprint density at radius 1 is 1.31 bits per heavy atom. The second-order valence-corrected chi connectivity index (χ2v) is 4.82. The van der Waals surface area contributed by atoms with Crippen molar-refractivity contribution in [3.05, 3.63) is 29.8 Å². The molecule has 0 radical (unpaired) electrons. The molecule has 1 heterocycles. The first kappa shape index (κ1) is 11.5. The largest absolute Gasteiger partial charge is 0.396 e. The van der Waals surface area contributed by atoms with Gasteiger partial charge in [-0.2, -0.15) is 0 Å². The monoisotopic (exact) mass is 219 g/mol. The summed E-state index contributed by atoms with van der Waals surface area (Å²) < 4.78 is 0. The number of aliphatic hydroxyl groups is 1. The Labute approximate surface area is 97.9 Å². The molecule has 1 aliphatic rings. The summed E-state index contributed by atoms with van der Waals surface area (Å²) in [6.07, 6.45) is 3.73. The number of para-hydroxylation sites is 1. The second-order valence-electron chi connectivity index (χ2n) is 4.82. The lowest BCUT2D eigenvalue weighted by atomic mass is 10.1. The van der Waals surface area contributed by atoms with Crippen molar-refractivity contribution < 1.29 is 5.11 Å². The summed E-state index contributed by atoms with van der Waals surface area (Å²) in [7, 11) is 0. The smallest absolute Gasteiger partial charge is 0.0473 e. The molecule has 88 valence electrons. The summed E-state index contributed by atoms with van der Waals surface area (Å²) in [5, 5.41) is 9.16. The molecule has 16 heavy (non-hydrogen) atoms. The Hall–Kier alpha value is -1.02. The van der Waals surface area contributed by atoms with E-state index in [1.54, 1.807) is 0 Å². The summed E-state index contributed by atoms with van der Waals surface area (Å²) in [5.74, 6) is 0.353. The van der Waals surface area contributed by atoms with Gasteiger partial charge in [0.2, 0.25) is 0 Å². The average Bonchev–Trinajstić information content (AvgIpc) is 2.52. The van der Waals surface area contributed by atoms with Gasteiger partial charge in [-0.1, -0.05) is 25.1 Å². The van der Waals surface area contributed by atoms with Gasteiger partial charge in [0.25, 0.3) is 0 Å². The third-order valence-electron chi connectivity index (χ3n) is 3.30. The third-order valence-corrected chi connectivity index (χ3v) is 3.30.